The van der Waals surface area contributed by atoms with Crippen LogP contribution in [0.25, 0.3) is 0 Å². The topological polar surface area (TPSA) is 60.0 Å². The highest BCUT2D eigenvalue weighted by atomic mass is 19.1. The first kappa shape index (κ1) is 27.7. The standard InChI is InChI=1S/C28H45FN2O4/c1-6-10-16-34-26(35-17-11-7-2)20-12-14-31(15-13-20)23-19-24(33-5)21(18-22(23)29)25-28(8-3,9-4)27(32)30-25/h18-20,25-26H,6-17H2,1-5H3,(H,30,32). The zero-order chi connectivity index (χ0) is 25.4. The molecular weight excluding hydrogens is 447 g/mol. The number of rotatable bonds is 14. The van der Waals surface area contributed by atoms with Crippen molar-refractivity contribution in [2.45, 2.75) is 91.4 Å². The summed E-state index contributed by atoms with van der Waals surface area (Å²) in [5, 5.41) is 2.99. The fourth-order valence-corrected chi connectivity index (χ4v) is 5.44. The second-order valence-electron chi connectivity index (χ2n) is 9.96. The van der Waals surface area contributed by atoms with Gasteiger partial charge < -0.3 is 24.4 Å². The van der Waals surface area contributed by atoms with Gasteiger partial charge in [-0.05, 0) is 44.6 Å². The predicted octanol–water partition coefficient (Wildman–Crippen LogP) is 5.99. The molecule has 0 saturated carbocycles. The lowest BCUT2D eigenvalue weighted by molar-refractivity contribution is -0.177. The van der Waals surface area contributed by atoms with Gasteiger partial charge in [0.2, 0.25) is 5.91 Å². The van der Waals surface area contributed by atoms with Gasteiger partial charge in [-0.2, -0.15) is 0 Å². The number of carbonyl (C=O) groups is 1. The van der Waals surface area contributed by atoms with Crippen LogP contribution in [-0.2, 0) is 14.3 Å². The van der Waals surface area contributed by atoms with Crippen molar-refractivity contribution in [3.63, 3.8) is 0 Å². The van der Waals surface area contributed by atoms with Crippen LogP contribution in [0.5, 0.6) is 5.75 Å². The summed E-state index contributed by atoms with van der Waals surface area (Å²) in [4.78, 5) is 14.5. The van der Waals surface area contributed by atoms with Crippen LogP contribution in [0.3, 0.4) is 0 Å². The largest absolute Gasteiger partial charge is 0.496 e. The maximum absolute atomic E-state index is 15.4. The molecule has 2 fully saturated rings. The smallest absolute Gasteiger partial charge is 0.229 e. The fraction of sp³-hybridized carbons (Fsp3) is 0.750. The number of ether oxygens (including phenoxy) is 3. The number of methoxy groups -OCH3 is 1. The van der Waals surface area contributed by atoms with Gasteiger partial charge >= 0.3 is 0 Å². The molecule has 6 nitrogen and oxygen atoms in total. The number of amides is 1. The number of hydrogen-bond acceptors (Lipinski definition) is 5. The Kier molecular flexibility index (Phi) is 10.2. The summed E-state index contributed by atoms with van der Waals surface area (Å²) in [7, 11) is 1.61. The van der Waals surface area contributed by atoms with Gasteiger partial charge in [-0.3, -0.25) is 4.79 Å². The van der Waals surface area contributed by atoms with Crippen molar-refractivity contribution >= 4 is 11.6 Å². The zero-order valence-electron chi connectivity index (χ0n) is 22.3. The van der Waals surface area contributed by atoms with Crippen molar-refractivity contribution in [1.29, 1.82) is 0 Å². The van der Waals surface area contributed by atoms with Crippen molar-refractivity contribution in [1.82, 2.24) is 5.32 Å². The summed E-state index contributed by atoms with van der Waals surface area (Å²) in [6.45, 7) is 11.3. The number of β-lactam (4-membered cyclic amide) rings is 1. The Labute approximate surface area is 210 Å². The predicted molar refractivity (Wildman–Crippen MR) is 137 cm³/mol. The van der Waals surface area contributed by atoms with E-state index in [9.17, 15) is 4.79 Å². The van der Waals surface area contributed by atoms with Gasteiger partial charge in [-0.25, -0.2) is 4.39 Å². The van der Waals surface area contributed by atoms with Crippen LogP contribution in [0.4, 0.5) is 10.1 Å². The molecule has 0 bridgehead atoms. The Morgan fingerprint density at radius 2 is 1.66 bits per heavy atom. The number of anilines is 1. The summed E-state index contributed by atoms with van der Waals surface area (Å²) in [5.41, 5.74) is 0.786. The lowest BCUT2D eigenvalue weighted by Crippen LogP contribution is -2.60. The number of piperidine rings is 1. The monoisotopic (exact) mass is 492 g/mol. The molecule has 1 N–H and O–H groups in total. The maximum Gasteiger partial charge on any atom is 0.229 e. The van der Waals surface area contributed by atoms with E-state index < -0.39 is 5.41 Å². The zero-order valence-corrected chi connectivity index (χ0v) is 22.3. The molecular formula is C28H45FN2O4. The molecule has 1 aromatic rings. The van der Waals surface area contributed by atoms with Crippen LogP contribution in [0.2, 0.25) is 0 Å². The van der Waals surface area contributed by atoms with Crippen molar-refractivity contribution in [3.8, 4) is 5.75 Å². The van der Waals surface area contributed by atoms with E-state index in [4.69, 9.17) is 14.2 Å². The van der Waals surface area contributed by atoms with Crippen LogP contribution in [0, 0.1) is 17.2 Å². The fourth-order valence-electron chi connectivity index (χ4n) is 5.44. The Hall–Kier alpha value is -1.86. The summed E-state index contributed by atoms with van der Waals surface area (Å²) >= 11 is 0. The molecule has 0 aromatic heterocycles. The van der Waals surface area contributed by atoms with E-state index in [-0.39, 0.29) is 24.1 Å². The third kappa shape index (κ3) is 5.93. The van der Waals surface area contributed by atoms with Crippen LogP contribution >= 0.6 is 0 Å². The Bertz CT molecular complexity index is 811. The van der Waals surface area contributed by atoms with Crippen LogP contribution in [-0.4, -0.2) is 45.6 Å². The van der Waals surface area contributed by atoms with Crippen LogP contribution < -0.4 is 15.0 Å². The third-order valence-corrected chi connectivity index (χ3v) is 7.98. The maximum atomic E-state index is 15.4. The molecule has 2 saturated heterocycles. The molecule has 2 aliphatic heterocycles. The SMILES string of the molecule is CCCCOC(OCCCC)C1CCN(c2cc(OC)c(C3NC(=O)C3(CC)CC)cc2F)CC1. The number of nitrogens with zero attached hydrogens (tertiary/aromatic N) is 1. The number of halogens is 1. The van der Waals surface area contributed by atoms with Gasteiger partial charge in [0.1, 0.15) is 11.6 Å². The minimum Gasteiger partial charge on any atom is -0.496 e. The number of nitrogens with one attached hydrogen (secondary N) is 1. The second kappa shape index (κ2) is 12.9. The van der Waals surface area contributed by atoms with E-state index in [1.807, 2.05) is 13.8 Å². The van der Waals surface area contributed by atoms with Gasteiger partial charge in [0.05, 0.1) is 24.3 Å². The van der Waals surface area contributed by atoms with Gasteiger partial charge in [0, 0.05) is 43.9 Å². The van der Waals surface area contributed by atoms with E-state index in [1.165, 1.54) is 0 Å². The highest BCUT2D eigenvalue weighted by molar-refractivity contribution is 5.91. The van der Waals surface area contributed by atoms with Gasteiger partial charge in [-0.1, -0.05) is 40.5 Å². The molecule has 198 valence electrons. The van der Waals surface area contributed by atoms with E-state index in [2.05, 4.69) is 24.1 Å². The molecule has 0 aliphatic carbocycles. The first-order valence-corrected chi connectivity index (χ1v) is 13.6. The summed E-state index contributed by atoms with van der Waals surface area (Å²) in [6, 6.07) is 3.14. The molecule has 1 atom stereocenters. The molecule has 2 heterocycles. The normalized spacial score (nSPS) is 20.1. The first-order valence-electron chi connectivity index (χ1n) is 13.6. The Morgan fingerprint density at radius 3 is 2.14 bits per heavy atom. The lowest BCUT2D eigenvalue weighted by Gasteiger charge is -2.48. The third-order valence-electron chi connectivity index (χ3n) is 7.98. The highest BCUT2D eigenvalue weighted by Crippen LogP contribution is 2.50. The molecule has 2 aliphatic rings. The molecule has 35 heavy (non-hydrogen) atoms. The average Bonchev–Trinajstić information content (AvgIpc) is 2.87. The van der Waals surface area contributed by atoms with Gasteiger partial charge in [0.25, 0.3) is 0 Å². The van der Waals surface area contributed by atoms with Crippen LogP contribution in [0.1, 0.15) is 90.7 Å². The van der Waals surface area contributed by atoms with Crippen molar-refractivity contribution in [2.75, 3.05) is 38.3 Å². The summed E-state index contributed by atoms with van der Waals surface area (Å²) in [5.74, 6) is 0.710. The lowest BCUT2D eigenvalue weighted by atomic mass is 9.66. The van der Waals surface area contributed by atoms with E-state index in [1.54, 1.807) is 19.2 Å². The molecule has 1 unspecified atom stereocenters. The number of carbonyl (C=O) groups excluding carboxylic acids is 1. The van der Waals surface area contributed by atoms with Crippen molar-refractivity contribution < 1.29 is 23.4 Å². The van der Waals surface area contributed by atoms with E-state index in [0.29, 0.717) is 30.2 Å². The highest BCUT2D eigenvalue weighted by Gasteiger charge is 2.53. The summed E-state index contributed by atoms with van der Waals surface area (Å²) in [6.07, 6.45) is 7.27. The van der Waals surface area contributed by atoms with Gasteiger partial charge in [0.15, 0.2) is 6.29 Å². The molecule has 3 rings (SSSR count). The van der Waals surface area contributed by atoms with Crippen molar-refractivity contribution in [3.05, 3.63) is 23.5 Å². The minimum absolute atomic E-state index is 0.0398. The van der Waals surface area contributed by atoms with Crippen LogP contribution in [0.15, 0.2) is 12.1 Å². The Balaban J connectivity index is 1.70. The van der Waals surface area contributed by atoms with Gasteiger partial charge in [-0.15, -0.1) is 0 Å². The number of benzene rings is 1. The molecule has 0 radical (unpaired) electrons. The molecule has 7 heteroatoms. The average molecular weight is 493 g/mol. The second-order valence-corrected chi connectivity index (χ2v) is 9.96. The molecule has 1 aromatic carbocycles. The van der Waals surface area contributed by atoms with E-state index >= 15 is 4.39 Å². The van der Waals surface area contributed by atoms with E-state index in [0.717, 1.165) is 70.4 Å². The quantitative estimate of drug-likeness (QED) is 0.196. The summed E-state index contributed by atoms with van der Waals surface area (Å²) < 4.78 is 33.3. The molecule has 1 amide bonds. The number of hydrogen-bond donors (Lipinski definition) is 1. The van der Waals surface area contributed by atoms with Crippen molar-refractivity contribution in [2.24, 2.45) is 11.3 Å². The first-order chi connectivity index (χ1) is 16.9. The minimum atomic E-state index is -0.496. The Morgan fingerprint density at radius 1 is 1.06 bits per heavy atom. The number of unbranched alkanes of at least 4 members (excludes halogenated alkanes) is 2. The molecule has 0 spiro atoms.